The summed E-state index contributed by atoms with van der Waals surface area (Å²) in [6.07, 6.45) is 1.26. The van der Waals surface area contributed by atoms with Crippen LogP contribution in [0.1, 0.15) is 30.0 Å². The Morgan fingerprint density at radius 1 is 1.28 bits per heavy atom. The molecule has 0 amide bonds. The zero-order valence-electron chi connectivity index (χ0n) is 10.8. The number of benzene rings is 1. The summed E-state index contributed by atoms with van der Waals surface area (Å²) >= 11 is 2.00. The molecule has 18 heavy (non-hydrogen) atoms. The molecule has 3 heteroatoms. The van der Waals surface area contributed by atoms with E-state index in [1.807, 2.05) is 18.7 Å². The SMILES string of the molecule is Cc1ccc2cc(C3NC(C)CCS3)ccc2n1. The van der Waals surface area contributed by atoms with Gasteiger partial charge in [0.15, 0.2) is 0 Å². The number of rotatable bonds is 1. The molecule has 0 radical (unpaired) electrons. The predicted molar refractivity (Wildman–Crippen MR) is 78.9 cm³/mol. The van der Waals surface area contributed by atoms with Crippen LogP contribution in [-0.4, -0.2) is 16.8 Å². The Morgan fingerprint density at radius 2 is 2.17 bits per heavy atom. The fourth-order valence-corrected chi connectivity index (χ4v) is 3.75. The molecule has 94 valence electrons. The van der Waals surface area contributed by atoms with Crippen LogP contribution >= 0.6 is 11.8 Å². The van der Waals surface area contributed by atoms with Crippen molar-refractivity contribution in [3.63, 3.8) is 0 Å². The predicted octanol–water partition coefficient (Wildman–Crippen LogP) is 3.66. The van der Waals surface area contributed by atoms with Crippen LogP contribution in [0.25, 0.3) is 10.9 Å². The average Bonchev–Trinajstić information content (AvgIpc) is 2.38. The zero-order chi connectivity index (χ0) is 12.5. The first-order chi connectivity index (χ1) is 8.72. The summed E-state index contributed by atoms with van der Waals surface area (Å²) in [6.45, 7) is 4.30. The topological polar surface area (TPSA) is 24.9 Å². The second kappa shape index (κ2) is 4.90. The van der Waals surface area contributed by atoms with E-state index in [0.717, 1.165) is 11.2 Å². The van der Waals surface area contributed by atoms with Gasteiger partial charge in [0.25, 0.3) is 0 Å². The van der Waals surface area contributed by atoms with Gasteiger partial charge >= 0.3 is 0 Å². The van der Waals surface area contributed by atoms with Crippen molar-refractivity contribution in [3.05, 3.63) is 41.6 Å². The van der Waals surface area contributed by atoms with Gasteiger partial charge in [0.05, 0.1) is 10.9 Å². The Bertz CT molecular complexity index is 567. The van der Waals surface area contributed by atoms with Crippen molar-refractivity contribution in [2.24, 2.45) is 0 Å². The number of hydrogen-bond donors (Lipinski definition) is 1. The number of aromatic nitrogens is 1. The van der Waals surface area contributed by atoms with E-state index in [-0.39, 0.29) is 0 Å². The van der Waals surface area contributed by atoms with Crippen LogP contribution in [0.4, 0.5) is 0 Å². The molecule has 0 saturated carbocycles. The molecule has 1 aliphatic rings. The molecule has 2 unspecified atom stereocenters. The van der Waals surface area contributed by atoms with Crippen molar-refractivity contribution in [2.75, 3.05) is 5.75 Å². The third kappa shape index (κ3) is 2.38. The third-order valence-electron chi connectivity index (χ3n) is 3.43. The monoisotopic (exact) mass is 258 g/mol. The second-order valence-corrected chi connectivity index (χ2v) is 6.22. The van der Waals surface area contributed by atoms with Gasteiger partial charge < -0.3 is 0 Å². The van der Waals surface area contributed by atoms with E-state index in [1.165, 1.54) is 23.1 Å². The van der Waals surface area contributed by atoms with Gasteiger partial charge in [-0.2, -0.15) is 0 Å². The minimum absolute atomic E-state index is 0.430. The molecular weight excluding hydrogens is 240 g/mol. The molecule has 1 aliphatic heterocycles. The number of nitrogens with one attached hydrogen (secondary N) is 1. The van der Waals surface area contributed by atoms with Crippen LogP contribution in [0.3, 0.4) is 0 Å². The number of hydrogen-bond acceptors (Lipinski definition) is 3. The molecule has 2 atom stereocenters. The van der Waals surface area contributed by atoms with E-state index in [9.17, 15) is 0 Å². The van der Waals surface area contributed by atoms with Crippen LogP contribution in [0.15, 0.2) is 30.3 Å². The van der Waals surface area contributed by atoms with Gasteiger partial charge in [0, 0.05) is 17.1 Å². The highest BCUT2D eigenvalue weighted by molar-refractivity contribution is 7.99. The summed E-state index contributed by atoms with van der Waals surface area (Å²) < 4.78 is 0. The van der Waals surface area contributed by atoms with Crippen LogP contribution < -0.4 is 5.32 Å². The first kappa shape index (κ1) is 12.0. The lowest BCUT2D eigenvalue weighted by molar-refractivity contribution is 0.512. The molecule has 0 bridgehead atoms. The van der Waals surface area contributed by atoms with Crippen molar-refractivity contribution in [2.45, 2.75) is 31.7 Å². The molecule has 1 saturated heterocycles. The maximum absolute atomic E-state index is 4.55. The van der Waals surface area contributed by atoms with Gasteiger partial charge in [-0.15, -0.1) is 11.8 Å². The summed E-state index contributed by atoms with van der Waals surface area (Å²) in [5.74, 6) is 1.24. The highest BCUT2D eigenvalue weighted by Gasteiger charge is 2.19. The Morgan fingerprint density at radius 3 is 3.00 bits per heavy atom. The Hall–Kier alpha value is -1.06. The van der Waals surface area contributed by atoms with E-state index in [1.54, 1.807) is 0 Å². The van der Waals surface area contributed by atoms with Crippen LogP contribution in [0.2, 0.25) is 0 Å². The summed E-state index contributed by atoms with van der Waals surface area (Å²) in [5, 5.41) is 5.32. The van der Waals surface area contributed by atoms with E-state index in [0.29, 0.717) is 11.4 Å². The molecule has 2 nitrogen and oxygen atoms in total. The summed E-state index contributed by atoms with van der Waals surface area (Å²) in [5.41, 5.74) is 3.53. The van der Waals surface area contributed by atoms with Gasteiger partial charge in [-0.1, -0.05) is 12.1 Å². The number of pyridine rings is 1. The summed E-state index contributed by atoms with van der Waals surface area (Å²) in [4.78, 5) is 4.55. The number of aryl methyl sites for hydroxylation is 1. The van der Waals surface area contributed by atoms with Gasteiger partial charge in [0.2, 0.25) is 0 Å². The molecule has 1 fully saturated rings. The van der Waals surface area contributed by atoms with Crippen molar-refractivity contribution in [1.29, 1.82) is 0 Å². The largest absolute Gasteiger partial charge is 0.299 e. The van der Waals surface area contributed by atoms with Gasteiger partial charge in [-0.05, 0) is 49.8 Å². The van der Waals surface area contributed by atoms with Crippen LogP contribution in [0.5, 0.6) is 0 Å². The van der Waals surface area contributed by atoms with Gasteiger partial charge in [0.1, 0.15) is 0 Å². The summed E-state index contributed by atoms with van der Waals surface area (Å²) in [7, 11) is 0. The molecule has 2 aromatic rings. The molecule has 0 aliphatic carbocycles. The molecule has 0 spiro atoms. The summed E-state index contributed by atoms with van der Waals surface area (Å²) in [6, 6.07) is 11.5. The van der Waals surface area contributed by atoms with Crippen molar-refractivity contribution in [3.8, 4) is 0 Å². The van der Waals surface area contributed by atoms with Crippen LogP contribution in [0, 0.1) is 6.92 Å². The zero-order valence-corrected chi connectivity index (χ0v) is 11.6. The fraction of sp³-hybridized carbons (Fsp3) is 0.400. The van der Waals surface area contributed by atoms with E-state index in [2.05, 4.69) is 47.6 Å². The van der Waals surface area contributed by atoms with E-state index < -0.39 is 0 Å². The molecule has 1 aromatic carbocycles. The second-order valence-electron chi connectivity index (χ2n) is 5.01. The first-order valence-corrected chi connectivity index (χ1v) is 7.52. The highest BCUT2D eigenvalue weighted by Crippen LogP contribution is 2.32. The minimum Gasteiger partial charge on any atom is -0.299 e. The molecule has 3 rings (SSSR count). The van der Waals surface area contributed by atoms with Gasteiger partial charge in [-0.25, -0.2) is 0 Å². The Balaban J connectivity index is 1.95. The quantitative estimate of drug-likeness (QED) is 0.845. The maximum atomic E-state index is 4.55. The lowest BCUT2D eigenvalue weighted by Crippen LogP contribution is -2.33. The smallest absolute Gasteiger partial charge is 0.0791 e. The van der Waals surface area contributed by atoms with Crippen molar-refractivity contribution >= 4 is 22.7 Å². The normalized spacial score (nSPS) is 24.3. The molecule has 1 aromatic heterocycles. The lowest BCUT2D eigenvalue weighted by Gasteiger charge is -2.28. The maximum Gasteiger partial charge on any atom is 0.0791 e. The molecule has 1 N–H and O–H groups in total. The van der Waals surface area contributed by atoms with E-state index in [4.69, 9.17) is 0 Å². The first-order valence-electron chi connectivity index (χ1n) is 6.47. The third-order valence-corrected chi connectivity index (χ3v) is 4.64. The lowest BCUT2D eigenvalue weighted by atomic mass is 10.1. The Kier molecular flexibility index (Phi) is 3.27. The number of fused-ring (bicyclic) bond motifs is 1. The number of nitrogens with zero attached hydrogens (tertiary/aromatic N) is 1. The molecular formula is C15H18N2S. The average molecular weight is 258 g/mol. The highest BCUT2D eigenvalue weighted by atomic mass is 32.2. The standard InChI is InChI=1S/C15H18N2S/c1-10-3-4-12-9-13(5-6-14(12)16-10)15-17-11(2)7-8-18-15/h3-6,9,11,15,17H,7-8H2,1-2H3. The van der Waals surface area contributed by atoms with Gasteiger partial charge in [-0.3, -0.25) is 10.3 Å². The minimum atomic E-state index is 0.430. The number of thioether (sulfide) groups is 1. The fourth-order valence-electron chi connectivity index (χ4n) is 2.35. The van der Waals surface area contributed by atoms with E-state index >= 15 is 0 Å². The Labute approximate surface area is 112 Å². The molecule has 2 heterocycles. The van der Waals surface area contributed by atoms with Crippen molar-refractivity contribution in [1.82, 2.24) is 10.3 Å². The van der Waals surface area contributed by atoms with Crippen LogP contribution in [-0.2, 0) is 0 Å². The van der Waals surface area contributed by atoms with Crippen molar-refractivity contribution < 1.29 is 0 Å².